The second kappa shape index (κ2) is 9.89. The third-order valence-electron chi connectivity index (χ3n) is 3.62. The first-order valence-electron chi connectivity index (χ1n) is 8.28. The number of esters is 2. The highest BCUT2D eigenvalue weighted by molar-refractivity contribution is 7.98. The zero-order chi connectivity index (χ0) is 18.1. The van der Waals surface area contributed by atoms with Crippen LogP contribution < -0.4 is 4.74 Å². The van der Waals surface area contributed by atoms with Gasteiger partial charge in [-0.25, -0.2) is 9.59 Å². The quantitative estimate of drug-likeness (QED) is 0.288. The van der Waals surface area contributed by atoms with E-state index in [9.17, 15) is 9.59 Å². The molecule has 0 unspecified atom stereocenters. The Morgan fingerprint density at radius 2 is 1.56 bits per heavy atom. The van der Waals surface area contributed by atoms with Crippen LogP contribution in [0.15, 0.2) is 53.4 Å². The molecule has 0 aromatic heterocycles. The van der Waals surface area contributed by atoms with Gasteiger partial charge in [0.15, 0.2) is 0 Å². The molecule has 5 heteroatoms. The SMILES string of the molecule is CCCCCOC(=O)c1ccccc1C(=O)Oc1ccc(SC)cc1. The van der Waals surface area contributed by atoms with Crippen molar-refractivity contribution in [3.8, 4) is 5.75 Å². The highest BCUT2D eigenvalue weighted by Crippen LogP contribution is 2.21. The summed E-state index contributed by atoms with van der Waals surface area (Å²) in [6, 6.07) is 13.8. The second-order valence-corrected chi connectivity index (χ2v) is 6.33. The summed E-state index contributed by atoms with van der Waals surface area (Å²) in [6.07, 6.45) is 4.85. The molecule has 0 aliphatic rings. The molecule has 0 saturated carbocycles. The monoisotopic (exact) mass is 358 g/mol. The minimum Gasteiger partial charge on any atom is -0.462 e. The number of hydrogen-bond donors (Lipinski definition) is 0. The van der Waals surface area contributed by atoms with Crippen molar-refractivity contribution in [2.24, 2.45) is 0 Å². The number of ether oxygens (including phenoxy) is 2. The Balaban J connectivity index is 2.07. The van der Waals surface area contributed by atoms with Crippen LogP contribution in [0.2, 0.25) is 0 Å². The third kappa shape index (κ3) is 5.64. The van der Waals surface area contributed by atoms with Gasteiger partial charge in [-0.2, -0.15) is 0 Å². The number of unbranched alkanes of at least 4 members (excludes halogenated alkanes) is 2. The van der Waals surface area contributed by atoms with Crippen LogP contribution >= 0.6 is 11.8 Å². The Kier molecular flexibility index (Phi) is 7.54. The maximum Gasteiger partial charge on any atom is 0.344 e. The zero-order valence-corrected chi connectivity index (χ0v) is 15.3. The van der Waals surface area contributed by atoms with Crippen LogP contribution in [0.25, 0.3) is 0 Å². The van der Waals surface area contributed by atoms with E-state index in [0.29, 0.717) is 12.4 Å². The first kappa shape index (κ1) is 19.1. The van der Waals surface area contributed by atoms with Crippen LogP contribution in [0.3, 0.4) is 0 Å². The lowest BCUT2D eigenvalue weighted by atomic mass is 10.1. The molecular weight excluding hydrogens is 336 g/mol. The topological polar surface area (TPSA) is 52.6 Å². The summed E-state index contributed by atoms with van der Waals surface area (Å²) < 4.78 is 10.6. The molecule has 132 valence electrons. The number of rotatable bonds is 8. The summed E-state index contributed by atoms with van der Waals surface area (Å²) in [7, 11) is 0. The van der Waals surface area contributed by atoms with Crippen molar-refractivity contribution in [3.05, 3.63) is 59.7 Å². The van der Waals surface area contributed by atoms with Gasteiger partial charge in [0.1, 0.15) is 5.75 Å². The third-order valence-corrected chi connectivity index (χ3v) is 4.36. The summed E-state index contributed by atoms with van der Waals surface area (Å²) in [5.41, 5.74) is 0.432. The van der Waals surface area contributed by atoms with E-state index in [1.54, 1.807) is 48.2 Å². The molecule has 2 aromatic carbocycles. The predicted octanol–water partition coefficient (Wildman–Crippen LogP) is 4.97. The lowest BCUT2D eigenvalue weighted by Crippen LogP contribution is -2.16. The molecule has 25 heavy (non-hydrogen) atoms. The molecule has 0 spiro atoms. The normalized spacial score (nSPS) is 10.3. The molecule has 0 fully saturated rings. The van der Waals surface area contributed by atoms with E-state index in [1.807, 2.05) is 18.4 Å². The summed E-state index contributed by atoms with van der Waals surface area (Å²) in [5, 5.41) is 0. The minimum atomic E-state index is -0.571. The molecule has 2 aromatic rings. The molecule has 0 aliphatic carbocycles. The lowest BCUT2D eigenvalue weighted by Gasteiger charge is -2.10. The fourth-order valence-corrected chi connectivity index (χ4v) is 2.65. The number of carbonyl (C=O) groups excluding carboxylic acids is 2. The van der Waals surface area contributed by atoms with E-state index in [-0.39, 0.29) is 11.1 Å². The van der Waals surface area contributed by atoms with E-state index in [2.05, 4.69) is 6.92 Å². The standard InChI is InChI=1S/C20H22O4S/c1-3-4-7-14-23-19(21)17-8-5-6-9-18(17)20(22)24-15-10-12-16(25-2)13-11-15/h5-6,8-13H,3-4,7,14H2,1-2H3. The molecule has 0 N–H and O–H groups in total. The molecular formula is C20H22O4S. The second-order valence-electron chi connectivity index (χ2n) is 5.45. The van der Waals surface area contributed by atoms with E-state index >= 15 is 0 Å². The fraction of sp³-hybridized carbons (Fsp3) is 0.300. The molecule has 0 heterocycles. The summed E-state index contributed by atoms with van der Waals surface area (Å²) in [4.78, 5) is 25.8. The van der Waals surface area contributed by atoms with Gasteiger partial charge in [-0.1, -0.05) is 31.9 Å². The van der Waals surface area contributed by atoms with Crippen LogP contribution in [0.1, 0.15) is 46.9 Å². The minimum absolute atomic E-state index is 0.205. The average Bonchev–Trinajstić information content (AvgIpc) is 2.65. The van der Waals surface area contributed by atoms with Gasteiger partial charge in [0, 0.05) is 4.90 Å². The Morgan fingerprint density at radius 3 is 2.16 bits per heavy atom. The van der Waals surface area contributed by atoms with E-state index < -0.39 is 11.9 Å². The van der Waals surface area contributed by atoms with Crippen molar-refractivity contribution in [2.45, 2.75) is 31.1 Å². The van der Waals surface area contributed by atoms with Gasteiger partial charge in [-0.15, -0.1) is 11.8 Å². The summed E-state index contributed by atoms with van der Waals surface area (Å²) >= 11 is 1.61. The van der Waals surface area contributed by atoms with Gasteiger partial charge in [0.05, 0.1) is 17.7 Å². The van der Waals surface area contributed by atoms with Crippen LogP contribution in [0.5, 0.6) is 5.75 Å². The first-order valence-corrected chi connectivity index (χ1v) is 9.50. The van der Waals surface area contributed by atoms with Gasteiger partial charge >= 0.3 is 11.9 Å². The average molecular weight is 358 g/mol. The van der Waals surface area contributed by atoms with Crippen LogP contribution in [-0.4, -0.2) is 24.8 Å². The molecule has 0 saturated heterocycles. The molecule has 0 bridgehead atoms. The number of hydrogen-bond acceptors (Lipinski definition) is 5. The van der Waals surface area contributed by atoms with Crippen molar-refractivity contribution >= 4 is 23.7 Å². The van der Waals surface area contributed by atoms with Crippen molar-refractivity contribution in [1.82, 2.24) is 0 Å². The lowest BCUT2D eigenvalue weighted by molar-refractivity contribution is 0.0490. The molecule has 0 aliphatic heterocycles. The zero-order valence-electron chi connectivity index (χ0n) is 14.5. The van der Waals surface area contributed by atoms with Crippen LogP contribution in [-0.2, 0) is 4.74 Å². The van der Waals surface area contributed by atoms with Gasteiger partial charge in [-0.3, -0.25) is 0 Å². The molecule has 2 rings (SSSR count). The molecule has 4 nitrogen and oxygen atoms in total. The van der Waals surface area contributed by atoms with Crippen molar-refractivity contribution in [3.63, 3.8) is 0 Å². The smallest absolute Gasteiger partial charge is 0.344 e. The van der Waals surface area contributed by atoms with Gasteiger partial charge in [0.2, 0.25) is 0 Å². The van der Waals surface area contributed by atoms with Crippen LogP contribution in [0, 0.1) is 0 Å². The number of thioether (sulfide) groups is 1. The Morgan fingerprint density at radius 1 is 0.920 bits per heavy atom. The Labute approximate surface area is 152 Å². The van der Waals surface area contributed by atoms with Gasteiger partial charge in [0.25, 0.3) is 0 Å². The predicted molar refractivity (Wildman–Crippen MR) is 99.4 cm³/mol. The highest BCUT2D eigenvalue weighted by Gasteiger charge is 2.19. The van der Waals surface area contributed by atoms with E-state index in [0.717, 1.165) is 24.2 Å². The van der Waals surface area contributed by atoms with E-state index in [4.69, 9.17) is 9.47 Å². The largest absolute Gasteiger partial charge is 0.462 e. The highest BCUT2D eigenvalue weighted by atomic mass is 32.2. The number of benzene rings is 2. The fourth-order valence-electron chi connectivity index (χ4n) is 2.24. The Hall–Kier alpha value is -2.27. The van der Waals surface area contributed by atoms with Crippen molar-refractivity contribution in [1.29, 1.82) is 0 Å². The van der Waals surface area contributed by atoms with Crippen molar-refractivity contribution in [2.75, 3.05) is 12.9 Å². The molecule has 0 atom stereocenters. The molecule has 0 radical (unpaired) electrons. The first-order chi connectivity index (χ1) is 12.2. The van der Waals surface area contributed by atoms with E-state index in [1.165, 1.54) is 0 Å². The number of carbonyl (C=O) groups is 2. The Bertz CT molecular complexity index is 710. The summed E-state index contributed by atoms with van der Waals surface area (Å²) in [5.74, 6) is -0.631. The maximum absolute atomic E-state index is 12.4. The maximum atomic E-state index is 12.4. The van der Waals surface area contributed by atoms with Crippen molar-refractivity contribution < 1.29 is 19.1 Å². The molecule has 0 amide bonds. The van der Waals surface area contributed by atoms with Crippen LogP contribution in [0.4, 0.5) is 0 Å². The van der Waals surface area contributed by atoms with Gasteiger partial charge in [-0.05, 0) is 49.1 Å². The van der Waals surface area contributed by atoms with Gasteiger partial charge < -0.3 is 9.47 Å². The summed E-state index contributed by atoms with van der Waals surface area (Å²) in [6.45, 7) is 2.44.